The maximum atomic E-state index is 8.71. The Hall–Kier alpha value is -2.06. The van der Waals surface area contributed by atoms with Crippen LogP contribution in [0.1, 0.15) is 5.56 Å². The van der Waals surface area contributed by atoms with Gasteiger partial charge in [0, 0.05) is 6.20 Å². The van der Waals surface area contributed by atoms with Crippen molar-refractivity contribution in [2.75, 3.05) is 5.73 Å². The number of nitrogens with zero attached hydrogens (tertiary/aromatic N) is 4. The van der Waals surface area contributed by atoms with Crippen LogP contribution in [-0.4, -0.2) is 14.8 Å². The lowest BCUT2D eigenvalue weighted by atomic mass is 10.4. The predicted octanol–water partition coefficient (Wildman–Crippen LogP) is 1.37. The number of anilines is 1. The molecule has 0 amide bonds. The van der Waals surface area contributed by atoms with E-state index in [0.717, 1.165) is 0 Å². The van der Waals surface area contributed by atoms with Gasteiger partial charge in [-0.2, -0.15) is 15.0 Å². The Bertz CT molecular complexity index is 540. The second-order valence-electron chi connectivity index (χ2n) is 2.78. The zero-order valence-corrected chi connectivity index (χ0v) is 8.31. The summed E-state index contributed by atoms with van der Waals surface area (Å²) in [5.41, 5.74) is 6.00. The van der Waals surface area contributed by atoms with Crippen LogP contribution < -0.4 is 5.73 Å². The van der Waals surface area contributed by atoms with Crippen LogP contribution in [0.25, 0.3) is 5.82 Å². The van der Waals surface area contributed by atoms with Crippen molar-refractivity contribution in [3.8, 4) is 11.9 Å². The van der Waals surface area contributed by atoms with Gasteiger partial charge in [0.15, 0.2) is 5.82 Å². The number of hydrogen-bond acceptors (Lipinski definition) is 4. The minimum absolute atomic E-state index is 0.234. The van der Waals surface area contributed by atoms with Gasteiger partial charge in [-0.05, 0) is 12.1 Å². The van der Waals surface area contributed by atoms with Gasteiger partial charge in [0.2, 0.25) is 0 Å². The molecule has 0 aromatic carbocycles. The molecule has 0 saturated carbocycles. The van der Waals surface area contributed by atoms with E-state index in [4.69, 9.17) is 22.6 Å². The van der Waals surface area contributed by atoms with Crippen molar-refractivity contribution in [3.05, 3.63) is 35.1 Å². The van der Waals surface area contributed by atoms with E-state index in [1.807, 2.05) is 6.07 Å². The van der Waals surface area contributed by atoms with Gasteiger partial charge in [0.05, 0.1) is 11.2 Å². The van der Waals surface area contributed by atoms with Crippen LogP contribution in [-0.2, 0) is 0 Å². The van der Waals surface area contributed by atoms with Gasteiger partial charge in [-0.3, -0.25) is 0 Å². The van der Waals surface area contributed by atoms with Gasteiger partial charge in [0.1, 0.15) is 17.5 Å². The number of nitrogen functional groups attached to an aromatic ring is 1. The predicted molar refractivity (Wildman–Crippen MR) is 55.5 cm³/mol. The Morgan fingerprint density at radius 1 is 1.53 bits per heavy atom. The molecule has 0 spiro atoms. The second-order valence-corrected chi connectivity index (χ2v) is 3.18. The van der Waals surface area contributed by atoms with Gasteiger partial charge < -0.3 is 5.73 Å². The lowest BCUT2D eigenvalue weighted by molar-refractivity contribution is 0.857. The Morgan fingerprint density at radius 3 is 2.93 bits per heavy atom. The average molecular weight is 220 g/mol. The van der Waals surface area contributed by atoms with E-state index in [2.05, 4.69) is 10.1 Å². The maximum absolute atomic E-state index is 8.71. The topological polar surface area (TPSA) is 80.5 Å². The molecular weight excluding hydrogens is 214 g/mol. The molecule has 15 heavy (non-hydrogen) atoms. The molecule has 0 saturated heterocycles. The van der Waals surface area contributed by atoms with Crippen molar-refractivity contribution in [2.45, 2.75) is 0 Å². The van der Waals surface area contributed by atoms with Gasteiger partial charge in [-0.15, -0.1) is 0 Å². The van der Waals surface area contributed by atoms with Crippen LogP contribution in [0.15, 0.2) is 24.5 Å². The number of pyridine rings is 1. The molecule has 2 rings (SSSR count). The number of hydrogen-bond donors (Lipinski definition) is 1. The SMILES string of the molecule is N#Cc1cnn(-c2ncccc2Cl)c1N. The fourth-order valence-electron chi connectivity index (χ4n) is 1.15. The first-order valence-corrected chi connectivity index (χ1v) is 4.46. The smallest absolute Gasteiger partial charge is 0.174 e. The minimum atomic E-state index is 0.234. The Balaban J connectivity index is 2.61. The first-order chi connectivity index (χ1) is 7.24. The highest BCUT2D eigenvalue weighted by Crippen LogP contribution is 2.20. The van der Waals surface area contributed by atoms with Gasteiger partial charge in [-0.1, -0.05) is 11.6 Å². The standard InChI is InChI=1S/C9H6ClN5/c10-7-2-1-3-13-9(7)15-8(12)6(4-11)5-14-15/h1-3,5H,12H2. The monoisotopic (exact) mass is 219 g/mol. The fraction of sp³-hybridized carbons (Fsp3) is 0. The summed E-state index contributed by atoms with van der Waals surface area (Å²) in [7, 11) is 0. The van der Waals surface area contributed by atoms with Crippen molar-refractivity contribution in [1.29, 1.82) is 5.26 Å². The number of nitriles is 1. The molecule has 74 valence electrons. The number of aromatic nitrogens is 3. The van der Waals surface area contributed by atoms with Crippen LogP contribution >= 0.6 is 11.6 Å². The summed E-state index contributed by atoms with van der Waals surface area (Å²) in [6.45, 7) is 0. The Morgan fingerprint density at radius 2 is 2.33 bits per heavy atom. The number of rotatable bonds is 1. The Kier molecular flexibility index (Phi) is 2.27. The first-order valence-electron chi connectivity index (χ1n) is 4.08. The summed E-state index contributed by atoms with van der Waals surface area (Å²) in [5, 5.41) is 13.1. The molecule has 2 aromatic heterocycles. The number of nitrogens with two attached hydrogens (primary N) is 1. The van der Waals surface area contributed by atoms with Crippen LogP contribution in [0.5, 0.6) is 0 Å². The largest absolute Gasteiger partial charge is 0.382 e. The van der Waals surface area contributed by atoms with Crippen LogP contribution in [0.3, 0.4) is 0 Å². The second kappa shape index (κ2) is 3.59. The van der Waals surface area contributed by atoms with Crippen molar-refractivity contribution < 1.29 is 0 Å². The fourth-order valence-corrected chi connectivity index (χ4v) is 1.35. The van der Waals surface area contributed by atoms with Crippen molar-refractivity contribution in [2.24, 2.45) is 0 Å². The van der Waals surface area contributed by atoms with Gasteiger partial charge in [0.25, 0.3) is 0 Å². The van der Waals surface area contributed by atoms with Gasteiger partial charge in [-0.25, -0.2) is 4.98 Å². The minimum Gasteiger partial charge on any atom is -0.382 e. The van der Waals surface area contributed by atoms with E-state index in [9.17, 15) is 0 Å². The van der Waals surface area contributed by atoms with E-state index >= 15 is 0 Å². The lowest BCUT2D eigenvalue weighted by Crippen LogP contribution is -2.04. The number of halogens is 1. The molecule has 5 nitrogen and oxygen atoms in total. The average Bonchev–Trinajstić information content (AvgIpc) is 2.60. The maximum Gasteiger partial charge on any atom is 0.174 e. The summed E-state index contributed by atoms with van der Waals surface area (Å²) in [4.78, 5) is 4.04. The third-order valence-corrected chi connectivity index (χ3v) is 2.16. The normalized spacial score (nSPS) is 9.87. The van der Waals surface area contributed by atoms with Crippen LogP contribution in [0.4, 0.5) is 5.82 Å². The lowest BCUT2D eigenvalue weighted by Gasteiger charge is -2.03. The molecule has 0 radical (unpaired) electrons. The summed E-state index contributed by atoms with van der Waals surface area (Å²) in [6, 6.07) is 5.31. The van der Waals surface area contributed by atoms with Crippen molar-refractivity contribution in [3.63, 3.8) is 0 Å². The van der Waals surface area contributed by atoms with E-state index in [-0.39, 0.29) is 5.82 Å². The quantitative estimate of drug-likeness (QED) is 0.786. The Labute approximate surface area is 90.7 Å². The van der Waals surface area contributed by atoms with Crippen LogP contribution in [0.2, 0.25) is 5.02 Å². The summed E-state index contributed by atoms with van der Waals surface area (Å²) in [5.74, 6) is 0.649. The molecule has 0 unspecified atom stereocenters. The molecule has 0 atom stereocenters. The molecular formula is C9H6ClN5. The molecule has 2 heterocycles. The summed E-state index contributed by atoms with van der Waals surface area (Å²) in [6.07, 6.45) is 2.95. The third kappa shape index (κ3) is 1.51. The molecule has 2 N–H and O–H groups in total. The van der Waals surface area contributed by atoms with Crippen molar-refractivity contribution in [1.82, 2.24) is 14.8 Å². The van der Waals surface area contributed by atoms with E-state index in [1.54, 1.807) is 18.3 Å². The van der Waals surface area contributed by atoms with Crippen molar-refractivity contribution >= 4 is 17.4 Å². The highest BCUT2D eigenvalue weighted by molar-refractivity contribution is 6.32. The van der Waals surface area contributed by atoms with Crippen LogP contribution in [0, 0.1) is 11.3 Å². The zero-order chi connectivity index (χ0) is 10.8. The third-order valence-electron chi connectivity index (χ3n) is 1.87. The van der Waals surface area contributed by atoms with E-state index < -0.39 is 0 Å². The molecule has 0 aliphatic carbocycles. The molecule has 2 aromatic rings. The molecule has 0 aliphatic rings. The highest BCUT2D eigenvalue weighted by Gasteiger charge is 2.11. The summed E-state index contributed by atoms with van der Waals surface area (Å²) >= 11 is 5.92. The molecule has 0 fully saturated rings. The van der Waals surface area contributed by atoms with E-state index in [0.29, 0.717) is 16.4 Å². The zero-order valence-electron chi connectivity index (χ0n) is 7.55. The highest BCUT2D eigenvalue weighted by atomic mass is 35.5. The van der Waals surface area contributed by atoms with Gasteiger partial charge >= 0.3 is 0 Å². The van der Waals surface area contributed by atoms with E-state index in [1.165, 1.54) is 10.9 Å². The first kappa shape index (κ1) is 9.49. The molecule has 0 bridgehead atoms. The molecule has 6 heteroatoms. The molecule has 0 aliphatic heterocycles. The summed E-state index contributed by atoms with van der Waals surface area (Å²) < 4.78 is 1.33.